The molecule has 0 aliphatic carbocycles. The third-order valence-electron chi connectivity index (χ3n) is 3.34. The number of rotatable bonds is 4. The van der Waals surface area contributed by atoms with Crippen molar-refractivity contribution in [3.05, 3.63) is 82.1 Å². The van der Waals surface area contributed by atoms with Crippen molar-refractivity contribution < 1.29 is 13.5 Å². The molecule has 122 valence electrons. The summed E-state index contributed by atoms with van der Waals surface area (Å²) in [6.07, 6.45) is 3.30. The molecule has 0 N–H and O–H groups in total. The van der Waals surface area contributed by atoms with Crippen LogP contribution in [0.2, 0.25) is 10.0 Å². The quantitative estimate of drug-likeness (QED) is 0.573. The van der Waals surface area contributed by atoms with Gasteiger partial charge < -0.3 is 4.74 Å². The maximum atomic E-state index is 13.6. The molecule has 0 saturated carbocycles. The molecule has 6 heteroatoms. The summed E-state index contributed by atoms with van der Waals surface area (Å²) in [6, 6.07) is 10.3. The number of hydrogen-bond donors (Lipinski definition) is 0. The molecular weight excluding hydrogens is 355 g/mol. The average molecular weight is 366 g/mol. The minimum absolute atomic E-state index is 0.0173. The highest BCUT2D eigenvalue weighted by molar-refractivity contribution is 6.42. The second-order valence-corrected chi connectivity index (χ2v) is 5.89. The Bertz CT molecular complexity index is 887. The van der Waals surface area contributed by atoms with E-state index in [2.05, 4.69) is 4.98 Å². The van der Waals surface area contributed by atoms with Crippen LogP contribution in [0.15, 0.2) is 54.9 Å². The third-order valence-corrected chi connectivity index (χ3v) is 4.08. The summed E-state index contributed by atoms with van der Waals surface area (Å²) < 4.78 is 31.8. The van der Waals surface area contributed by atoms with Crippen LogP contribution in [-0.2, 0) is 6.61 Å². The first kappa shape index (κ1) is 16.7. The molecule has 0 unspecified atom stereocenters. The van der Waals surface area contributed by atoms with Gasteiger partial charge in [-0.15, -0.1) is 0 Å². The zero-order chi connectivity index (χ0) is 17.1. The van der Waals surface area contributed by atoms with Crippen LogP contribution in [-0.4, -0.2) is 4.98 Å². The molecule has 0 spiro atoms. The van der Waals surface area contributed by atoms with E-state index in [1.165, 1.54) is 6.07 Å². The number of aromatic nitrogens is 1. The van der Waals surface area contributed by atoms with Crippen LogP contribution in [0.4, 0.5) is 8.78 Å². The fraction of sp³-hybridized carbons (Fsp3) is 0.0556. The second kappa shape index (κ2) is 7.16. The lowest BCUT2D eigenvalue weighted by molar-refractivity contribution is 0.289. The molecule has 3 aromatic rings. The van der Waals surface area contributed by atoms with Crippen LogP contribution >= 0.6 is 23.2 Å². The van der Waals surface area contributed by atoms with Crippen molar-refractivity contribution in [1.29, 1.82) is 0 Å². The molecule has 1 heterocycles. The Balaban J connectivity index is 1.79. The van der Waals surface area contributed by atoms with Gasteiger partial charge in [-0.2, -0.15) is 0 Å². The lowest BCUT2D eigenvalue weighted by Crippen LogP contribution is -1.99. The molecule has 0 atom stereocenters. The Labute approximate surface area is 147 Å². The molecule has 2 aromatic carbocycles. The molecular formula is C18H11Cl2F2NO. The highest BCUT2D eigenvalue weighted by atomic mass is 35.5. The van der Waals surface area contributed by atoms with E-state index in [1.807, 2.05) is 12.1 Å². The van der Waals surface area contributed by atoms with Gasteiger partial charge in [0.05, 0.1) is 10.0 Å². The average Bonchev–Trinajstić information content (AvgIpc) is 2.57. The normalized spacial score (nSPS) is 10.7. The fourth-order valence-corrected chi connectivity index (χ4v) is 2.45. The summed E-state index contributed by atoms with van der Waals surface area (Å²) in [5.41, 5.74) is 2.42. The number of pyridine rings is 1. The molecule has 24 heavy (non-hydrogen) atoms. The summed E-state index contributed by atoms with van der Waals surface area (Å²) in [4.78, 5) is 4.15. The van der Waals surface area contributed by atoms with E-state index >= 15 is 0 Å². The maximum Gasteiger partial charge on any atom is 0.167 e. The van der Waals surface area contributed by atoms with Gasteiger partial charge in [0.25, 0.3) is 0 Å². The van der Waals surface area contributed by atoms with E-state index in [1.54, 1.807) is 24.5 Å². The summed E-state index contributed by atoms with van der Waals surface area (Å²) in [6.45, 7) is 0.102. The van der Waals surface area contributed by atoms with Crippen LogP contribution in [0.1, 0.15) is 5.56 Å². The van der Waals surface area contributed by atoms with Crippen LogP contribution in [0.3, 0.4) is 0 Å². The Morgan fingerprint density at radius 3 is 2.46 bits per heavy atom. The lowest BCUT2D eigenvalue weighted by atomic mass is 10.1. The van der Waals surface area contributed by atoms with Gasteiger partial charge >= 0.3 is 0 Å². The smallest absolute Gasteiger partial charge is 0.167 e. The van der Waals surface area contributed by atoms with Crippen molar-refractivity contribution in [2.24, 2.45) is 0 Å². The Kier molecular flexibility index (Phi) is 4.97. The third kappa shape index (κ3) is 3.83. The van der Waals surface area contributed by atoms with Crippen molar-refractivity contribution in [3.8, 4) is 16.9 Å². The SMILES string of the molecule is Fc1ccc(OCc2cncc(-c3ccc(Cl)c(Cl)c3)c2)c(F)c1. The van der Waals surface area contributed by atoms with Gasteiger partial charge in [0, 0.05) is 29.6 Å². The molecule has 0 aliphatic rings. The molecule has 2 nitrogen and oxygen atoms in total. The Morgan fingerprint density at radius 1 is 0.875 bits per heavy atom. The summed E-state index contributed by atoms with van der Waals surface area (Å²) in [7, 11) is 0. The highest BCUT2D eigenvalue weighted by Gasteiger charge is 2.07. The molecule has 0 fully saturated rings. The number of hydrogen-bond acceptors (Lipinski definition) is 2. The van der Waals surface area contributed by atoms with Crippen LogP contribution in [0.5, 0.6) is 5.75 Å². The monoisotopic (exact) mass is 365 g/mol. The second-order valence-electron chi connectivity index (χ2n) is 5.07. The summed E-state index contributed by atoms with van der Waals surface area (Å²) in [5, 5.41) is 0.920. The minimum Gasteiger partial charge on any atom is -0.486 e. The zero-order valence-electron chi connectivity index (χ0n) is 12.3. The van der Waals surface area contributed by atoms with Gasteiger partial charge in [0.15, 0.2) is 11.6 Å². The molecule has 0 saturated heterocycles. The molecule has 0 aliphatic heterocycles. The fourth-order valence-electron chi connectivity index (χ4n) is 2.15. The van der Waals surface area contributed by atoms with Crippen molar-refractivity contribution in [2.45, 2.75) is 6.61 Å². The van der Waals surface area contributed by atoms with Crippen LogP contribution in [0, 0.1) is 11.6 Å². The first-order valence-electron chi connectivity index (χ1n) is 7.00. The first-order chi connectivity index (χ1) is 11.5. The first-order valence-corrected chi connectivity index (χ1v) is 7.76. The topological polar surface area (TPSA) is 22.1 Å². The van der Waals surface area contributed by atoms with Crippen LogP contribution in [0.25, 0.3) is 11.1 Å². The van der Waals surface area contributed by atoms with Crippen molar-refractivity contribution in [1.82, 2.24) is 4.98 Å². The van der Waals surface area contributed by atoms with E-state index in [4.69, 9.17) is 27.9 Å². The van der Waals surface area contributed by atoms with Gasteiger partial charge in [-0.1, -0.05) is 29.3 Å². The predicted molar refractivity (Wildman–Crippen MR) is 90.4 cm³/mol. The molecule has 0 bridgehead atoms. The minimum atomic E-state index is -0.747. The number of nitrogens with zero attached hydrogens (tertiary/aromatic N) is 1. The van der Waals surface area contributed by atoms with Gasteiger partial charge in [0.1, 0.15) is 12.4 Å². The Morgan fingerprint density at radius 2 is 1.71 bits per heavy atom. The van der Waals surface area contributed by atoms with Gasteiger partial charge in [0.2, 0.25) is 0 Å². The van der Waals surface area contributed by atoms with E-state index in [0.717, 1.165) is 28.8 Å². The van der Waals surface area contributed by atoms with E-state index < -0.39 is 11.6 Å². The van der Waals surface area contributed by atoms with Gasteiger partial charge in [-0.05, 0) is 35.9 Å². The summed E-state index contributed by atoms with van der Waals surface area (Å²) in [5.74, 6) is -1.41. The number of ether oxygens (including phenoxy) is 1. The van der Waals surface area contributed by atoms with Gasteiger partial charge in [-0.25, -0.2) is 8.78 Å². The van der Waals surface area contributed by atoms with Gasteiger partial charge in [-0.3, -0.25) is 4.98 Å². The lowest BCUT2D eigenvalue weighted by Gasteiger charge is -2.09. The molecule has 0 amide bonds. The predicted octanol–water partition coefficient (Wildman–Crippen LogP) is 5.91. The van der Waals surface area contributed by atoms with E-state index in [-0.39, 0.29) is 12.4 Å². The largest absolute Gasteiger partial charge is 0.486 e. The highest BCUT2D eigenvalue weighted by Crippen LogP contribution is 2.28. The zero-order valence-corrected chi connectivity index (χ0v) is 13.8. The van der Waals surface area contributed by atoms with E-state index in [9.17, 15) is 8.78 Å². The standard InChI is InChI=1S/C18H11Cl2F2NO/c19-15-3-1-12(6-16(15)20)13-5-11(8-23-9-13)10-24-18-4-2-14(21)7-17(18)22/h1-9H,10H2. The molecule has 0 radical (unpaired) electrons. The molecule has 1 aromatic heterocycles. The summed E-state index contributed by atoms with van der Waals surface area (Å²) >= 11 is 11.9. The van der Waals surface area contributed by atoms with E-state index in [0.29, 0.717) is 10.0 Å². The van der Waals surface area contributed by atoms with Crippen LogP contribution < -0.4 is 4.74 Å². The Hall–Kier alpha value is -2.17. The van der Waals surface area contributed by atoms with Crippen molar-refractivity contribution >= 4 is 23.2 Å². The number of halogens is 4. The molecule has 3 rings (SSSR count). The van der Waals surface area contributed by atoms with Crippen molar-refractivity contribution in [3.63, 3.8) is 0 Å². The number of benzene rings is 2. The van der Waals surface area contributed by atoms with Crippen molar-refractivity contribution in [2.75, 3.05) is 0 Å². The maximum absolute atomic E-state index is 13.6.